The largest absolute Gasteiger partial charge is 0.351 e. The number of nitrogens with one attached hydrogen (secondary N) is 2. The molecule has 0 aromatic carbocycles. The van der Waals surface area contributed by atoms with Crippen molar-refractivity contribution in [1.29, 1.82) is 0 Å². The Morgan fingerprint density at radius 3 is 1.15 bits per heavy atom. The number of aromatic amines is 2. The summed E-state index contributed by atoms with van der Waals surface area (Å²) in [5, 5.41) is -5.11. The molecule has 3 aromatic rings. The van der Waals surface area contributed by atoms with Crippen LogP contribution in [0.2, 0.25) is 30.1 Å². The van der Waals surface area contributed by atoms with E-state index < -0.39 is 124 Å². The number of hydrogen-bond donors (Lipinski definition) is 6. The molecule has 5 rings (SSSR count). The minimum absolute atomic E-state index is 0.316. The monoisotopic (exact) mass is 902 g/mol. The van der Waals surface area contributed by atoms with Crippen molar-refractivity contribution in [2.75, 3.05) is 0 Å². The lowest BCUT2D eigenvalue weighted by Gasteiger charge is -2.07. The van der Waals surface area contributed by atoms with E-state index >= 15 is 0 Å². The van der Waals surface area contributed by atoms with Gasteiger partial charge in [-0.15, -0.1) is 0 Å². The zero-order chi connectivity index (χ0) is 36.4. The first-order valence-electron chi connectivity index (χ1n) is 11.3. The van der Waals surface area contributed by atoms with Crippen LogP contribution in [-0.2, 0) is 40.5 Å². The molecule has 2 aliphatic heterocycles. The number of rotatable bonds is 4. The molecule has 6 N–H and O–H groups in total. The van der Waals surface area contributed by atoms with Gasteiger partial charge in [0.15, 0.2) is 0 Å². The highest BCUT2D eigenvalue weighted by Gasteiger charge is 2.45. The summed E-state index contributed by atoms with van der Waals surface area (Å²) in [6, 6.07) is 0. The van der Waals surface area contributed by atoms with E-state index in [-0.39, 0.29) is 21.1 Å². The maximum absolute atomic E-state index is 12.9. The van der Waals surface area contributed by atoms with Crippen molar-refractivity contribution < 1.29 is 51.9 Å². The van der Waals surface area contributed by atoms with Crippen LogP contribution in [0.5, 0.6) is 0 Å². The summed E-state index contributed by atoms with van der Waals surface area (Å²) in [6.45, 7) is 0. The fourth-order valence-electron chi connectivity index (χ4n) is 4.42. The summed E-state index contributed by atoms with van der Waals surface area (Å²) < 4.78 is 143. The lowest BCUT2D eigenvalue weighted by Crippen LogP contribution is -2.12. The number of H-pyrrole nitrogens is 2. The highest BCUT2D eigenvalue weighted by molar-refractivity contribution is 8.01. The summed E-state index contributed by atoms with van der Waals surface area (Å²) in [5.41, 5.74) is -7.81. The van der Waals surface area contributed by atoms with E-state index in [0.29, 0.717) is 0 Å². The maximum Gasteiger partial charge on any atom is 0.298 e. The third-order valence-electron chi connectivity index (χ3n) is 6.23. The summed E-state index contributed by atoms with van der Waals surface area (Å²) in [5.74, 6) is 0. The molecule has 5 heterocycles. The molecule has 3 aromatic heterocycles. The van der Waals surface area contributed by atoms with Crippen molar-refractivity contribution in [3.8, 4) is 0 Å². The van der Waals surface area contributed by atoms with Gasteiger partial charge in [0.05, 0.1) is 62.3 Å². The van der Waals surface area contributed by atoms with Gasteiger partial charge in [-0.1, -0.05) is 92.8 Å². The molecule has 0 aliphatic carbocycles. The summed E-state index contributed by atoms with van der Waals surface area (Å²) in [7, 11) is -24.2. The average molecular weight is 906 g/mol. The van der Waals surface area contributed by atoms with E-state index in [1.807, 2.05) is 0 Å². The van der Waals surface area contributed by atoms with Gasteiger partial charge in [-0.25, -0.2) is 9.97 Å². The molecule has 0 saturated carbocycles. The molecule has 28 heteroatoms. The highest BCUT2D eigenvalue weighted by atomic mass is 35.5. The third kappa shape index (κ3) is 6.02. The molecular formula is C20H6Cl8N4O12S4. The van der Waals surface area contributed by atoms with Gasteiger partial charge in [-0.3, -0.25) is 18.2 Å². The Bertz CT molecular complexity index is 2760. The first-order chi connectivity index (χ1) is 21.7. The van der Waals surface area contributed by atoms with Crippen LogP contribution in [-0.4, -0.2) is 71.8 Å². The molecule has 2 aliphatic rings. The molecule has 0 atom stereocenters. The molecule has 258 valence electrons. The Labute approximate surface area is 307 Å². The number of aromatic nitrogens is 4. The second kappa shape index (κ2) is 12.1. The van der Waals surface area contributed by atoms with Crippen molar-refractivity contribution >= 4 is 175 Å². The lowest BCUT2D eigenvalue weighted by atomic mass is 10.3. The minimum Gasteiger partial charge on any atom is -0.351 e. The van der Waals surface area contributed by atoms with Crippen LogP contribution >= 0.6 is 92.8 Å². The highest BCUT2D eigenvalue weighted by Crippen LogP contribution is 2.49. The third-order valence-corrected chi connectivity index (χ3v) is 13.3. The smallest absolute Gasteiger partial charge is 0.298 e. The first kappa shape index (κ1) is 37.8. The molecule has 0 radical (unpaired) electrons. The van der Waals surface area contributed by atoms with Crippen LogP contribution in [0.3, 0.4) is 0 Å². The second-order valence-corrected chi connectivity index (χ2v) is 17.6. The quantitative estimate of drug-likeness (QED) is 0.150. The number of hydrogen-bond acceptors (Lipinski definition) is 10. The minimum atomic E-state index is -6.15. The van der Waals surface area contributed by atoms with E-state index in [0.717, 1.165) is 0 Å². The van der Waals surface area contributed by atoms with Crippen molar-refractivity contribution in [1.82, 2.24) is 19.9 Å². The predicted molar refractivity (Wildman–Crippen MR) is 179 cm³/mol. The molecular weight excluding hydrogens is 900 g/mol. The van der Waals surface area contributed by atoms with Gasteiger partial charge in [0, 0.05) is 0 Å². The summed E-state index contributed by atoms with van der Waals surface area (Å²) in [4.78, 5) is 4.17. The number of nitrogens with zero attached hydrogens (tertiary/aromatic N) is 2. The topological polar surface area (TPSA) is 275 Å². The van der Waals surface area contributed by atoms with Crippen LogP contribution < -0.4 is 0 Å². The Kier molecular flexibility index (Phi) is 9.51. The van der Waals surface area contributed by atoms with E-state index in [4.69, 9.17) is 92.8 Å². The Hall–Kier alpha value is -1.44. The van der Waals surface area contributed by atoms with Crippen LogP contribution in [0.25, 0.3) is 41.9 Å². The van der Waals surface area contributed by atoms with E-state index in [1.54, 1.807) is 0 Å². The number of fused-ring (bicyclic) bond motifs is 8. The van der Waals surface area contributed by atoms with Gasteiger partial charge in [0.2, 0.25) is 0 Å². The van der Waals surface area contributed by atoms with Crippen LogP contribution in [0.4, 0.5) is 0 Å². The summed E-state index contributed by atoms with van der Waals surface area (Å²) in [6.07, 6.45) is 0. The van der Waals surface area contributed by atoms with Crippen molar-refractivity contribution in [3.63, 3.8) is 0 Å². The van der Waals surface area contributed by atoms with Crippen molar-refractivity contribution in [2.45, 2.75) is 9.79 Å². The summed E-state index contributed by atoms with van der Waals surface area (Å²) >= 11 is 50.7. The molecule has 0 fully saturated rings. The zero-order valence-electron chi connectivity index (χ0n) is 21.6. The molecule has 48 heavy (non-hydrogen) atoms. The fourth-order valence-corrected chi connectivity index (χ4v) is 10.5. The molecule has 0 spiro atoms. The Morgan fingerprint density at radius 1 is 0.396 bits per heavy atom. The van der Waals surface area contributed by atoms with Gasteiger partial charge in [-0.2, -0.15) is 33.7 Å². The average Bonchev–Trinajstić information content (AvgIpc) is 3.62. The van der Waals surface area contributed by atoms with Crippen LogP contribution in [0.15, 0.2) is 9.79 Å². The maximum atomic E-state index is 12.9. The van der Waals surface area contributed by atoms with Crippen LogP contribution in [0, 0.1) is 0 Å². The van der Waals surface area contributed by atoms with Crippen molar-refractivity contribution in [2.24, 2.45) is 0 Å². The van der Waals surface area contributed by atoms with Gasteiger partial charge in [-0.05, 0) is 0 Å². The second-order valence-electron chi connectivity index (χ2n) is 9.10. The van der Waals surface area contributed by atoms with Gasteiger partial charge in [0.25, 0.3) is 40.5 Å². The molecule has 16 nitrogen and oxygen atoms in total. The molecule has 0 saturated heterocycles. The van der Waals surface area contributed by atoms with Crippen LogP contribution in [0.1, 0.15) is 22.8 Å². The first-order valence-corrected chi connectivity index (χ1v) is 20.1. The van der Waals surface area contributed by atoms with Gasteiger partial charge >= 0.3 is 0 Å². The molecule has 0 amide bonds. The van der Waals surface area contributed by atoms with E-state index in [9.17, 15) is 51.9 Å². The predicted octanol–water partition coefficient (Wildman–Crippen LogP) is 6.63. The van der Waals surface area contributed by atoms with E-state index in [1.165, 1.54) is 0 Å². The standard InChI is InChI=1S/C20H6Cl8N4O12S4/c21-1-2(22)10-8(28)12-4(24)6(26)14(31-12)18(46(36,37)38)16-20(48(42,43)44)19(47(39,40)41)15(32-16)17(45(33,34)35)13-5(25)3(23)11(30-13)7(27)9(1)29-10/h29-30H,(H,33,34,35)(H,36,37,38)(H,39,40,41)(H,42,43,44). The zero-order valence-corrected chi connectivity index (χ0v) is 30.9. The number of halogens is 8. The normalized spacial score (nSPS) is 14.8. The Balaban J connectivity index is 2.39. The van der Waals surface area contributed by atoms with E-state index in [2.05, 4.69) is 19.9 Å². The lowest BCUT2D eigenvalue weighted by molar-refractivity contribution is 0.480. The molecule has 0 unspecified atom stereocenters. The van der Waals surface area contributed by atoms with Gasteiger partial charge in [0.1, 0.15) is 42.4 Å². The SMILES string of the molecule is O=S(=O)(O)C1=C(S(=O)(=O)O)c2nc1c(S(=O)(=O)O)c1nc(c(Cl)c3[nH]c(c(Cl)c3Cl)c(Cl)c3[nH]c(c(Cl)c3Cl)c2S(=O)(=O)O)C(Cl)=C1Cl. The Morgan fingerprint density at radius 2 is 0.729 bits per heavy atom. The molecule has 8 bridgehead atoms. The van der Waals surface area contributed by atoms with Gasteiger partial charge < -0.3 is 9.97 Å². The fraction of sp³-hybridized carbons (Fsp3) is 0. The van der Waals surface area contributed by atoms with Crippen molar-refractivity contribution in [3.05, 3.63) is 52.9 Å².